The van der Waals surface area contributed by atoms with E-state index < -0.39 is 21.6 Å². The molecule has 0 bridgehead atoms. The number of carbonyl (C=O) groups excluding carboxylic acids is 1. The van der Waals surface area contributed by atoms with Crippen LogP contribution in [0.1, 0.15) is 58.4 Å². The minimum atomic E-state index is -3.89. The molecule has 2 rings (SSSR count). The van der Waals surface area contributed by atoms with Gasteiger partial charge in [0, 0.05) is 11.7 Å². The molecule has 0 unspecified atom stereocenters. The van der Waals surface area contributed by atoms with Gasteiger partial charge in [-0.1, -0.05) is 57.7 Å². The second-order valence-electron chi connectivity index (χ2n) is 7.60. The van der Waals surface area contributed by atoms with Crippen LogP contribution in [0.5, 0.6) is 0 Å². The molecule has 0 saturated heterocycles. The van der Waals surface area contributed by atoms with E-state index in [1.165, 1.54) is 19.3 Å². The van der Waals surface area contributed by atoms with E-state index in [1.807, 2.05) is 6.92 Å². The number of hydrogen-bond acceptors (Lipinski definition) is 5. The Kier molecular flexibility index (Phi) is 7.34. The van der Waals surface area contributed by atoms with Crippen molar-refractivity contribution in [1.29, 1.82) is 0 Å². The van der Waals surface area contributed by atoms with Crippen LogP contribution in [-0.4, -0.2) is 31.3 Å². The Morgan fingerprint density at radius 3 is 2.42 bits per heavy atom. The Labute approximate surface area is 162 Å². The van der Waals surface area contributed by atoms with Crippen LogP contribution >= 0.6 is 11.8 Å². The third-order valence-electron chi connectivity index (χ3n) is 5.02. The Morgan fingerprint density at radius 2 is 1.81 bits per heavy atom. The maximum absolute atomic E-state index is 12.7. The standard InChI is InChI=1S/C20H30O4S2/c1-5-6-7-8-13-25-17-14-18(21)20(3,4)19(17)24-26(22,23)16-11-9-15(2)10-12-16/h9-12,17,19H,5-8,13-14H2,1-4H3/t17-,19+/m1/s1. The smallest absolute Gasteiger partial charge is 0.297 e. The van der Waals surface area contributed by atoms with Crippen molar-refractivity contribution in [1.82, 2.24) is 0 Å². The monoisotopic (exact) mass is 398 g/mol. The van der Waals surface area contributed by atoms with E-state index in [2.05, 4.69) is 6.92 Å². The third-order valence-corrected chi connectivity index (χ3v) is 7.70. The van der Waals surface area contributed by atoms with Crippen molar-refractivity contribution in [2.45, 2.75) is 76.0 Å². The van der Waals surface area contributed by atoms with E-state index in [9.17, 15) is 13.2 Å². The van der Waals surface area contributed by atoms with Crippen LogP contribution in [0, 0.1) is 12.3 Å². The normalized spacial score (nSPS) is 22.7. The number of Topliss-reactive ketones (excluding diaryl/α,β-unsaturated/α-hetero) is 1. The van der Waals surface area contributed by atoms with Gasteiger partial charge in [-0.05, 0) is 31.2 Å². The molecule has 2 atom stereocenters. The summed E-state index contributed by atoms with van der Waals surface area (Å²) in [4.78, 5) is 12.6. The number of hydrogen-bond donors (Lipinski definition) is 0. The van der Waals surface area contributed by atoms with Crippen LogP contribution in [0.2, 0.25) is 0 Å². The molecule has 1 aromatic rings. The molecule has 1 saturated carbocycles. The van der Waals surface area contributed by atoms with Gasteiger partial charge in [0.05, 0.1) is 10.3 Å². The average Bonchev–Trinajstić information content (AvgIpc) is 2.78. The molecule has 0 amide bonds. The molecular formula is C20H30O4S2. The minimum absolute atomic E-state index is 0.0765. The highest BCUT2D eigenvalue weighted by atomic mass is 32.2. The van der Waals surface area contributed by atoms with Crippen LogP contribution in [-0.2, 0) is 19.1 Å². The van der Waals surface area contributed by atoms with Gasteiger partial charge in [-0.15, -0.1) is 0 Å². The average molecular weight is 399 g/mol. The van der Waals surface area contributed by atoms with Crippen LogP contribution in [0.3, 0.4) is 0 Å². The molecule has 1 aromatic carbocycles. The number of aryl methyl sites for hydroxylation is 1. The summed E-state index contributed by atoms with van der Waals surface area (Å²) in [5, 5.41) is -0.112. The molecule has 146 valence electrons. The van der Waals surface area contributed by atoms with Crippen molar-refractivity contribution in [3.05, 3.63) is 29.8 Å². The molecule has 0 radical (unpaired) electrons. The summed E-state index contributed by atoms with van der Waals surface area (Å²) in [5.41, 5.74) is 0.194. The zero-order chi connectivity index (χ0) is 19.4. The molecule has 0 heterocycles. The highest BCUT2D eigenvalue weighted by Crippen LogP contribution is 2.43. The second-order valence-corrected chi connectivity index (χ2v) is 10.5. The summed E-state index contributed by atoms with van der Waals surface area (Å²) in [7, 11) is -3.89. The van der Waals surface area contributed by atoms with Gasteiger partial charge >= 0.3 is 0 Å². The first-order chi connectivity index (χ1) is 12.2. The first-order valence-corrected chi connectivity index (χ1v) is 11.8. The van der Waals surface area contributed by atoms with Gasteiger partial charge in [0.2, 0.25) is 0 Å². The van der Waals surface area contributed by atoms with Gasteiger partial charge in [0.15, 0.2) is 0 Å². The summed E-state index contributed by atoms with van der Waals surface area (Å²) in [6.07, 6.45) is 4.39. The van der Waals surface area contributed by atoms with E-state index >= 15 is 0 Å². The number of thioether (sulfide) groups is 1. The van der Waals surface area contributed by atoms with E-state index in [0.29, 0.717) is 6.42 Å². The first-order valence-electron chi connectivity index (χ1n) is 9.33. The van der Waals surface area contributed by atoms with Gasteiger partial charge < -0.3 is 0 Å². The fourth-order valence-electron chi connectivity index (χ4n) is 3.17. The molecule has 1 aliphatic rings. The van der Waals surface area contributed by atoms with Crippen LogP contribution < -0.4 is 0 Å². The van der Waals surface area contributed by atoms with Crippen molar-refractivity contribution in [2.24, 2.45) is 5.41 Å². The quantitative estimate of drug-likeness (QED) is 0.444. The molecule has 0 N–H and O–H groups in total. The zero-order valence-electron chi connectivity index (χ0n) is 16.2. The first kappa shape index (κ1) is 21.5. The molecule has 0 aromatic heterocycles. The fourth-order valence-corrected chi connectivity index (χ4v) is 5.98. The number of benzene rings is 1. The molecule has 0 aliphatic heterocycles. The summed E-state index contributed by atoms with van der Waals surface area (Å²) in [5.74, 6) is 1.01. The van der Waals surface area contributed by atoms with Gasteiger partial charge in [-0.2, -0.15) is 20.2 Å². The SMILES string of the molecule is CCCCCCS[C@@H]1CC(=O)C(C)(C)[C@H]1OS(=O)(=O)c1ccc(C)cc1. The van der Waals surface area contributed by atoms with Crippen molar-refractivity contribution in [3.8, 4) is 0 Å². The van der Waals surface area contributed by atoms with Crippen LogP contribution in [0.15, 0.2) is 29.2 Å². The summed E-state index contributed by atoms with van der Waals surface area (Å²) >= 11 is 1.68. The topological polar surface area (TPSA) is 60.4 Å². The van der Waals surface area contributed by atoms with E-state index in [4.69, 9.17) is 4.18 Å². The predicted molar refractivity (Wildman–Crippen MR) is 107 cm³/mol. The molecule has 1 aliphatic carbocycles. The predicted octanol–water partition coefficient (Wildman–Crippen LogP) is 4.75. The highest BCUT2D eigenvalue weighted by molar-refractivity contribution is 8.00. The Hall–Kier alpha value is -0.850. The van der Waals surface area contributed by atoms with Crippen LogP contribution in [0.25, 0.3) is 0 Å². The van der Waals surface area contributed by atoms with Gasteiger partial charge in [0.25, 0.3) is 10.1 Å². The lowest BCUT2D eigenvalue weighted by atomic mass is 9.88. The Balaban J connectivity index is 2.11. The molecule has 6 heteroatoms. The zero-order valence-corrected chi connectivity index (χ0v) is 17.8. The summed E-state index contributed by atoms with van der Waals surface area (Å²) < 4.78 is 31.1. The highest BCUT2D eigenvalue weighted by Gasteiger charge is 2.51. The molecule has 26 heavy (non-hydrogen) atoms. The lowest BCUT2D eigenvalue weighted by Crippen LogP contribution is -2.37. The van der Waals surface area contributed by atoms with Crippen LogP contribution in [0.4, 0.5) is 0 Å². The van der Waals surface area contributed by atoms with Crippen molar-refractivity contribution in [2.75, 3.05) is 5.75 Å². The van der Waals surface area contributed by atoms with Gasteiger partial charge in [-0.3, -0.25) is 8.98 Å². The summed E-state index contributed by atoms with van der Waals surface area (Å²) in [6.45, 7) is 7.66. The van der Waals surface area contributed by atoms with Crippen molar-refractivity contribution >= 4 is 27.7 Å². The van der Waals surface area contributed by atoms with E-state index in [-0.39, 0.29) is 15.9 Å². The van der Waals surface area contributed by atoms with Gasteiger partial charge in [0.1, 0.15) is 11.9 Å². The van der Waals surface area contributed by atoms with E-state index in [0.717, 1.165) is 17.7 Å². The molecular weight excluding hydrogens is 368 g/mol. The molecule has 1 fully saturated rings. The maximum atomic E-state index is 12.7. The number of ketones is 1. The Bertz CT molecular complexity index is 708. The maximum Gasteiger partial charge on any atom is 0.297 e. The van der Waals surface area contributed by atoms with Crippen molar-refractivity contribution < 1.29 is 17.4 Å². The molecule has 4 nitrogen and oxygen atoms in total. The second kappa shape index (κ2) is 8.89. The number of rotatable bonds is 9. The van der Waals surface area contributed by atoms with Crippen molar-refractivity contribution in [3.63, 3.8) is 0 Å². The lowest BCUT2D eigenvalue weighted by Gasteiger charge is -2.28. The number of carbonyl (C=O) groups is 1. The number of unbranched alkanes of at least 4 members (excludes halogenated alkanes) is 3. The Morgan fingerprint density at radius 1 is 1.15 bits per heavy atom. The summed E-state index contributed by atoms with van der Waals surface area (Å²) in [6, 6.07) is 6.62. The fraction of sp³-hybridized carbons (Fsp3) is 0.650. The lowest BCUT2D eigenvalue weighted by molar-refractivity contribution is -0.126. The van der Waals surface area contributed by atoms with E-state index in [1.54, 1.807) is 49.9 Å². The molecule has 0 spiro atoms. The minimum Gasteiger partial charge on any atom is -0.299 e. The largest absolute Gasteiger partial charge is 0.299 e. The van der Waals surface area contributed by atoms with Gasteiger partial charge in [-0.25, -0.2) is 0 Å². The third kappa shape index (κ3) is 5.11.